The molecule has 0 aliphatic rings. The van der Waals surface area contributed by atoms with Crippen molar-refractivity contribution in [3.05, 3.63) is 52.8 Å². The van der Waals surface area contributed by atoms with Crippen molar-refractivity contribution >= 4 is 17.4 Å². The number of pyridine rings is 1. The van der Waals surface area contributed by atoms with E-state index in [-0.39, 0.29) is 5.56 Å². The summed E-state index contributed by atoms with van der Waals surface area (Å²) in [6.07, 6.45) is 3.34. The minimum Gasteiger partial charge on any atom is -0.468 e. The average molecular weight is 250 g/mol. The van der Waals surface area contributed by atoms with E-state index in [1.54, 1.807) is 34.9 Å². The van der Waals surface area contributed by atoms with Crippen LogP contribution in [0.2, 0.25) is 0 Å². The number of furan rings is 1. The van der Waals surface area contributed by atoms with Crippen molar-refractivity contribution in [3.63, 3.8) is 0 Å². The molecule has 2 aromatic rings. The van der Waals surface area contributed by atoms with Crippen LogP contribution in [0.5, 0.6) is 0 Å². The lowest BCUT2D eigenvalue weighted by molar-refractivity contribution is 0.530. The Bertz CT molecular complexity index is 520. The van der Waals surface area contributed by atoms with Crippen LogP contribution < -0.4 is 11.3 Å². The maximum absolute atomic E-state index is 11.5. The Labute approximate surface area is 103 Å². The largest absolute Gasteiger partial charge is 0.468 e. The van der Waals surface area contributed by atoms with E-state index in [0.29, 0.717) is 12.2 Å². The lowest BCUT2D eigenvalue weighted by Gasteiger charge is -2.05. The van der Waals surface area contributed by atoms with Crippen LogP contribution in [0.1, 0.15) is 5.76 Å². The third-order valence-corrected chi connectivity index (χ3v) is 3.27. The zero-order valence-corrected chi connectivity index (χ0v) is 10.2. The summed E-state index contributed by atoms with van der Waals surface area (Å²) in [5.41, 5.74) is 6.22. The summed E-state index contributed by atoms with van der Waals surface area (Å²) in [5, 5.41) is 0. The fourth-order valence-corrected chi connectivity index (χ4v) is 2.29. The zero-order chi connectivity index (χ0) is 12.1. The second-order valence-electron chi connectivity index (χ2n) is 3.63. The van der Waals surface area contributed by atoms with Gasteiger partial charge >= 0.3 is 0 Å². The molecule has 0 fully saturated rings. The monoisotopic (exact) mass is 250 g/mol. The standard InChI is InChI=1S/C12H14N2O2S/c13-10-3-4-12(15)14(8-10)5-7-17-9-11-2-1-6-16-11/h1-4,6,8H,5,7,9,13H2. The molecule has 0 saturated heterocycles. The van der Waals surface area contributed by atoms with Gasteiger partial charge in [0, 0.05) is 30.2 Å². The molecule has 17 heavy (non-hydrogen) atoms. The first-order valence-electron chi connectivity index (χ1n) is 5.32. The number of nitrogens with two attached hydrogens (primary N) is 1. The molecule has 2 N–H and O–H groups in total. The van der Waals surface area contributed by atoms with Gasteiger partial charge in [0.2, 0.25) is 0 Å². The van der Waals surface area contributed by atoms with Crippen molar-refractivity contribution in [2.24, 2.45) is 0 Å². The zero-order valence-electron chi connectivity index (χ0n) is 9.33. The number of aryl methyl sites for hydroxylation is 1. The fourth-order valence-electron chi connectivity index (χ4n) is 1.45. The van der Waals surface area contributed by atoms with Crippen molar-refractivity contribution in [1.29, 1.82) is 0 Å². The topological polar surface area (TPSA) is 61.2 Å². The second kappa shape index (κ2) is 5.63. The van der Waals surface area contributed by atoms with Gasteiger partial charge < -0.3 is 14.7 Å². The minimum atomic E-state index is -0.0159. The Morgan fingerprint density at radius 1 is 1.35 bits per heavy atom. The summed E-state index contributed by atoms with van der Waals surface area (Å²) in [5.74, 6) is 2.63. The molecule has 2 heterocycles. The summed E-state index contributed by atoms with van der Waals surface area (Å²) in [6, 6.07) is 6.93. The van der Waals surface area contributed by atoms with Crippen molar-refractivity contribution in [3.8, 4) is 0 Å². The molecule has 0 amide bonds. The van der Waals surface area contributed by atoms with Crippen LogP contribution in [0.3, 0.4) is 0 Å². The highest BCUT2D eigenvalue weighted by Gasteiger charge is 1.98. The lowest BCUT2D eigenvalue weighted by Crippen LogP contribution is -2.19. The van der Waals surface area contributed by atoms with Gasteiger partial charge in [-0.2, -0.15) is 11.8 Å². The maximum atomic E-state index is 11.5. The van der Waals surface area contributed by atoms with E-state index >= 15 is 0 Å². The van der Waals surface area contributed by atoms with Crippen LogP contribution in [0.15, 0.2) is 45.9 Å². The predicted octanol–water partition coefficient (Wildman–Crippen LogP) is 1.96. The average Bonchev–Trinajstić information content (AvgIpc) is 2.82. The molecule has 90 valence electrons. The van der Waals surface area contributed by atoms with Gasteiger partial charge in [-0.05, 0) is 18.2 Å². The second-order valence-corrected chi connectivity index (χ2v) is 4.73. The molecule has 5 heteroatoms. The molecular weight excluding hydrogens is 236 g/mol. The molecule has 0 unspecified atom stereocenters. The van der Waals surface area contributed by atoms with Gasteiger partial charge in [-0.25, -0.2) is 0 Å². The molecular formula is C12H14N2O2S. The number of nitrogens with zero attached hydrogens (tertiary/aromatic N) is 1. The van der Waals surface area contributed by atoms with E-state index in [9.17, 15) is 4.79 Å². The summed E-state index contributed by atoms with van der Waals surface area (Å²) < 4.78 is 6.85. The van der Waals surface area contributed by atoms with Gasteiger partial charge in [-0.3, -0.25) is 4.79 Å². The Morgan fingerprint density at radius 3 is 3.00 bits per heavy atom. The normalized spacial score (nSPS) is 10.6. The Balaban J connectivity index is 1.82. The molecule has 2 aromatic heterocycles. The van der Waals surface area contributed by atoms with Crippen LogP contribution in [0.25, 0.3) is 0 Å². The van der Waals surface area contributed by atoms with Crippen LogP contribution in [-0.2, 0) is 12.3 Å². The van der Waals surface area contributed by atoms with Gasteiger partial charge in [0.15, 0.2) is 0 Å². The predicted molar refractivity (Wildman–Crippen MR) is 70.0 cm³/mol. The highest BCUT2D eigenvalue weighted by atomic mass is 32.2. The highest BCUT2D eigenvalue weighted by molar-refractivity contribution is 7.98. The summed E-state index contributed by atoms with van der Waals surface area (Å²) in [6.45, 7) is 0.662. The summed E-state index contributed by atoms with van der Waals surface area (Å²) >= 11 is 1.73. The van der Waals surface area contributed by atoms with Gasteiger partial charge in [0.25, 0.3) is 5.56 Å². The van der Waals surface area contributed by atoms with Gasteiger partial charge in [-0.1, -0.05) is 0 Å². The molecule has 0 spiro atoms. The SMILES string of the molecule is Nc1ccc(=O)n(CCSCc2ccco2)c1. The van der Waals surface area contributed by atoms with E-state index in [0.717, 1.165) is 17.3 Å². The van der Waals surface area contributed by atoms with Gasteiger partial charge in [-0.15, -0.1) is 0 Å². The van der Waals surface area contributed by atoms with E-state index in [2.05, 4.69) is 0 Å². The van der Waals surface area contributed by atoms with E-state index in [1.165, 1.54) is 6.07 Å². The van der Waals surface area contributed by atoms with Crippen LogP contribution in [-0.4, -0.2) is 10.3 Å². The van der Waals surface area contributed by atoms with Gasteiger partial charge in [0.1, 0.15) is 5.76 Å². The molecule has 0 atom stereocenters. The highest BCUT2D eigenvalue weighted by Crippen LogP contribution is 2.12. The first-order valence-corrected chi connectivity index (χ1v) is 6.47. The number of rotatable bonds is 5. The number of nitrogen functional groups attached to an aromatic ring is 1. The third-order valence-electron chi connectivity index (χ3n) is 2.31. The molecule has 0 aromatic carbocycles. The van der Waals surface area contributed by atoms with Gasteiger partial charge in [0.05, 0.1) is 12.0 Å². The number of aromatic nitrogens is 1. The van der Waals surface area contributed by atoms with E-state index < -0.39 is 0 Å². The Hall–Kier alpha value is -1.62. The first-order chi connectivity index (χ1) is 8.25. The molecule has 2 rings (SSSR count). The van der Waals surface area contributed by atoms with Crippen LogP contribution in [0, 0.1) is 0 Å². The molecule has 0 radical (unpaired) electrons. The van der Waals surface area contributed by atoms with Crippen LogP contribution in [0.4, 0.5) is 5.69 Å². The number of hydrogen-bond acceptors (Lipinski definition) is 4. The molecule has 4 nitrogen and oxygen atoms in total. The molecule has 0 saturated carbocycles. The number of hydrogen-bond donors (Lipinski definition) is 1. The molecule has 0 bridgehead atoms. The number of thioether (sulfide) groups is 1. The van der Waals surface area contributed by atoms with Crippen molar-refractivity contribution < 1.29 is 4.42 Å². The minimum absolute atomic E-state index is 0.0159. The quantitative estimate of drug-likeness (QED) is 0.824. The fraction of sp³-hybridized carbons (Fsp3) is 0.250. The maximum Gasteiger partial charge on any atom is 0.250 e. The molecule has 0 aliphatic carbocycles. The van der Waals surface area contributed by atoms with Crippen molar-refractivity contribution in [1.82, 2.24) is 4.57 Å². The third kappa shape index (κ3) is 3.42. The first kappa shape index (κ1) is 11.9. The van der Waals surface area contributed by atoms with E-state index in [4.69, 9.17) is 10.2 Å². The van der Waals surface area contributed by atoms with E-state index in [1.807, 2.05) is 12.1 Å². The smallest absolute Gasteiger partial charge is 0.250 e. The number of anilines is 1. The summed E-state index contributed by atoms with van der Waals surface area (Å²) in [4.78, 5) is 11.5. The molecule has 0 aliphatic heterocycles. The van der Waals surface area contributed by atoms with Crippen molar-refractivity contribution in [2.75, 3.05) is 11.5 Å². The Morgan fingerprint density at radius 2 is 2.24 bits per heavy atom. The van der Waals surface area contributed by atoms with Crippen molar-refractivity contribution in [2.45, 2.75) is 12.3 Å². The van der Waals surface area contributed by atoms with Crippen LogP contribution >= 0.6 is 11.8 Å². The lowest BCUT2D eigenvalue weighted by atomic mass is 10.4. The summed E-state index contributed by atoms with van der Waals surface area (Å²) in [7, 11) is 0. The Kier molecular flexibility index (Phi) is 3.93.